The predicted octanol–water partition coefficient (Wildman–Crippen LogP) is 1.85. The molecule has 4 nitrogen and oxygen atoms in total. The van der Waals surface area contributed by atoms with Crippen molar-refractivity contribution in [2.45, 2.75) is 24.3 Å². The van der Waals surface area contributed by atoms with E-state index in [9.17, 15) is 8.42 Å². The Kier molecular flexibility index (Phi) is 2.26. The molecule has 3 rings (SSSR count). The minimum absolute atomic E-state index is 0.324. The molecule has 1 heterocycles. The first-order chi connectivity index (χ1) is 8.05. The van der Waals surface area contributed by atoms with Crippen LogP contribution in [0.2, 0.25) is 0 Å². The summed E-state index contributed by atoms with van der Waals surface area (Å²) < 4.78 is 25.3. The number of nitrogens with zero attached hydrogens (tertiary/aromatic N) is 2. The summed E-state index contributed by atoms with van der Waals surface area (Å²) in [5.41, 5.74) is 1.51. The number of para-hydroxylation sites is 1. The summed E-state index contributed by atoms with van der Waals surface area (Å²) in [6.45, 7) is 0.948. The van der Waals surface area contributed by atoms with Gasteiger partial charge < -0.3 is 4.57 Å². The first-order valence-electron chi connectivity index (χ1n) is 5.69. The number of hydrogen-bond acceptors (Lipinski definition) is 3. The second kappa shape index (κ2) is 3.57. The maximum Gasteiger partial charge on any atom is 0.177 e. The minimum atomic E-state index is -3.20. The van der Waals surface area contributed by atoms with Gasteiger partial charge in [-0.15, -0.1) is 0 Å². The monoisotopic (exact) mass is 250 g/mol. The van der Waals surface area contributed by atoms with E-state index in [1.54, 1.807) is 18.5 Å². The lowest BCUT2D eigenvalue weighted by molar-refractivity contribution is 0.602. The summed E-state index contributed by atoms with van der Waals surface area (Å²) in [6.07, 6.45) is 5.51. The number of sulfone groups is 1. The molecule has 1 aliphatic rings. The Morgan fingerprint density at radius 2 is 2.18 bits per heavy atom. The van der Waals surface area contributed by atoms with E-state index < -0.39 is 9.84 Å². The van der Waals surface area contributed by atoms with Gasteiger partial charge >= 0.3 is 0 Å². The molecule has 5 heteroatoms. The molecule has 0 bridgehead atoms. The predicted molar refractivity (Wildman–Crippen MR) is 65.6 cm³/mol. The molecule has 1 aromatic heterocycles. The fourth-order valence-electron chi connectivity index (χ4n) is 2.09. The summed E-state index contributed by atoms with van der Waals surface area (Å²) in [6, 6.07) is 5.33. The topological polar surface area (TPSA) is 52.0 Å². The van der Waals surface area contributed by atoms with Crippen LogP contribution < -0.4 is 0 Å². The van der Waals surface area contributed by atoms with Crippen LogP contribution in [0.4, 0.5) is 0 Å². The number of fused-ring (bicyclic) bond motifs is 1. The van der Waals surface area contributed by atoms with Gasteiger partial charge in [-0.05, 0) is 30.9 Å². The van der Waals surface area contributed by atoms with Gasteiger partial charge in [0.05, 0.1) is 16.7 Å². The third kappa shape index (κ3) is 1.95. The van der Waals surface area contributed by atoms with Crippen molar-refractivity contribution in [3.8, 4) is 0 Å². The van der Waals surface area contributed by atoms with Crippen molar-refractivity contribution in [2.75, 3.05) is 6.26 Å². The molecule has 1 fully saturated rings. The van der Waals surface area contributed by atoms with E-state index in [1.807, 2.05) is 6.07 Å². The fraction of sp³-hybridized carbons (Fsp3) is 0.417. The fourth-order valence-corrected chi connectivity index (χ4v) is 2.92. The Balaban J connectivity index is 2.17. The minimum Gasteiger partial charge on any atom is -0.330 e. The average molecular weight is 250 g/mol. The molecule has 0 unspecified atom stereocenters. The zero-order valence-corrected chi connectivity index (χ0v) is 10.4. The lowest BCUT2D eigenvalue weighted by Crippen LogP contribution is -2.00. The van der Waals surface area contributed by atoms with Crippen molar-refractivity contribution in [1.29, 1.82) is 0 Å². The highest BCUT2D eigenvalue weighted by Gasteiger charge is 2.23. The number of hydrogen-bond donors (Lipinski definition) is 0. The Labute approximate surface area is 100 Å². The van der Waals surface area contributed by atoms with Gasteiger partial charge in [0.1, 0.15) is 5.52 Å². The van der Waals surface area contributed by atoms with Gasteiger partial charge in [-0.2, -0.15) is 0 Å². The van der Waals surface area contributed by atoms with Crippen LogP contribution in [0.5, 0.6) is 0 Å². The molecule has 0 radical (unpaired) electrons. The van der Waals surface area contributed by atoms with Crippen LogP contribution in [-0.4, -0.2) is 24.2 Å². The van der Waals surface area contributed by atoms with Crippen molar-refractivity contribution in [2.24, 2.45) is 5.92 Å². The Hall–Kier alpha value is -1.36. The first-order valence-corrected chi connectivity index (χ1v) is 7.59. The van der Waals surface area contributed by atoms with Crippen molar-refractivity contribution < 1.29 is 8.42 Å². The number of benzene rings is 1. The van der Waals surface area contributed by atoms with Gasteiger partial charge in [0.15, 0.2) is 9.84 Å². The first kappa shape index (κ1) is 10.8. The van der Waals surface area contributed by atoms with Crippen LogP contribution in [0.1, 0.15) is 12.8 Å². The summed E-state index contributed by atoms with van der Waals surface area (Å²) in [5, 5.41) is 0. The Morgan fingerprint density at radius 1 is 1.41 bits per heavy atom. The lowest BCUT2D eigenvalue weighted by atomic mass is 10.3. The van der Waals surface area contributed by atoms with Gasteiger partial charge in [-0.25, -0.2) is 13.4 Å². The molecule has 17 heavy (non-hydrogen) atoms. The van der Waals surface area contributed by atoms with E-state index in [1.165, 1.54) is 19.1 Å². The summed E-state index contributed by atoms with van der Waals surface area (Å²) in [4.78, 5) is 4.57. The molecular weight excluding hydrogens is 236 g/mol. The highest BCUT2D eigenvalue weighted by molar-refractivity contribution is 7.91. The van der Waals surface area contributed by atoms with Crippen LogP contribution in [0.15, 0.2) is 29.4 Å². The van der Waals surface area contributed by atoms with E-state index >= 15 is 0 Å². The van der Waals surface area contributed by atoms with Crippen molar-refractivity contribution in [3.63, 3.8) is 0 Å². The van der Waals surface area contributed by atoms with Gasteiger partial charge in [0.2, 0.25) is 0 Å². The lowest BCUT2D eigenvalue weighted by Gasteiger charge is -2.03. The molecule has 0 aliphatic heterocycles. The van der Waals surface area contributed by atoms with Crippen molar-refractivity contribution >= 4 is 20.9 Å². The third-order valence-corrected chi connectivity index (χ3v) is 4.29. The van der Waals surface area contributed by atoms with Crippen LogP contribution in [0.25, 0.3) is 11.0 Å². The maximum atomic E-state index is 11.6. The Bertz CT molecular complexity index is 669. The molecular formula is C12H14N2O2S. The quantitative estimate of drug-likeness (QED) is 0.835. The second-order valence-corrected chi connectivity index (χ2v) is 6.72. The molecule has 90 valence electrons. The van der Waals surface area contributed by atoms with E-state index in [2.05, 4.69) is 9.55 Å². The van der Waals surface area contributed by atoms with Crippen LogP contribution in [-0.2, 0) is 16.4 Å². The van der Waals surface area contributed by atoms with E-state index in [-0.39, 0.29) is 0 Å². The zero-order valence-electron chi connectivity index (χ0n) is 9.63. The highest BCUT2D eigenvalue weighted by atomic mass is 32.2. The van der Waals surface area contributed by atoms with Crippen LogP contribution in [0, 0.1) is 5.92 Å². The average Bonchev–Trinajstić information content (AvgIpc) is 2.97. The zero-order chi connectivity index (χ0) is 12.0. The van der Waals surface area contributed by atoms with E-state index in [0.29, 0.717) is 10.4 Å². The molecule has 0 amide bonds. The van der Waals surface area contributed by atoms with Gasteiger partial charge in [0, 0.05) is 12.8 Å². The normalized spacial score (nSPS) is 16.5. The largest absolute Gasteiger partial charge is 0.330 e. The standard InChI is InChI=1S/C12H14N2O2S/c1-17(15,16)11-4-2-3-10-12(11)13-8-14(10)7-9-5-6-9/h2-4,8-9H,5-7H2,1H3. The SMILES string of the molecule is CS(=O)(=O)c1cccc2c1ncn2CC1CC1. The molecule has 0 spiro atoms. The number of rotatable bonds is 3. The smallest absolute Gasteiger partial charge is 0.177 e. The van der Waals surface area contributed by atoms with Gasteiger partial charge in [0.25, 0.3) is 0 Å². The van der Waals surface area contributed by atoms with Gasteiger partial charge in [-0.3, -0.25) is 0 Å². The second-order valence-electron chi connectivity index (χ2n) is 4.74. The molecule has 0 N–H and O–H groups in total. The summed E-state index contributed by atoms with van der Waals surface area (Å²) in [7, 11) is -3.20. The molecule has 2 aromatic rings. The molecule has 1 aromatic carbocycles. The van der Waals surface area contributed by atoms with E-state index in [4.69, 9.17) is 0 Å². The maximum absolute atomic E-state index is 11.6. The van der Waals surface area contributed by atoms with Crippen molar-refractivity contribution in [1.82, 2.24) is 9.55 Å². The highest BCUT2D eigenvalue weighted by Crippen LogP contribution is 2.32. The van der Waals surface area contributed by atoms with Gasteiger partial charge in [-0.1, -0.05) is 6.07 Å². The summed E-state index contributed by atoms with van der Waals surface area (Å²) in [5.74, 6) is 0.745. The summed E-state index contributed by atoms with van der Waals surface area (Å²) >= 11 is 0. The van der Waals surface area contributed by atoms with E-state index in [0.717, 1.165) is 18.0 Å². The molecule has 0 saturated heterocycles. The molecule has 1 aliphatic carbocycles. The van der Waals surface area contributed by atoms with Crippen molar-refractivity contribution in [3.05, 3.63) is 24.5 Å². The van der Waals surface area contributed by atoms with Crippen LogP contribution >= 0.6 is 0 Å². The molecule has 0 atom stereocenters. The van der Waals surface area contributed by atoms with Crippen LogP contribution in [0.3, 0.4) is 0 Å². The molecule has 1 saturated carbocycles. The number of imidazole rings is 1. The Morgan fingerprint density at radius 3 is 2.82 bits per heavy atom. The number of aromatic nitrogens is 2. The third-order valence-electron chi connectivity index (χ3n) is 3.16.